The van der Waals surface area contributed by atoms with Gasteiger partial charge in [0.05, 0.1) is 7.11 Å². The maximum Gasteiger partial charge on any atom is 0.321 e. The summed E-state index contributed by atoms with van der Waals surface area (Å²) in [6.07, 6.45) is 0.144. The van der Waals surface area contributed by atoms with Crippen molar-refractivity contribution in [3.63, 3.8) is 0 Å². The molecule has 1 atom stereocenters. The molecule has 106 valence electrons. The number of rotatable bonds is 6. The van der Waals surface area contributed by atoms with E-state index in [9.17, 15) is 13.2 Å². The van der Waals surface area contributed by atoms with Crippen LogP contribution in [0.1, 0.15) is 13.3 Å². The van der Waals surface area contributed by atoms with Crippen molar-refractivity contribution in [3.05, 3.63) is 22.7 Å². The molecule has 0 bridgehead atoms. The van der Waals surface area contributed by atoms with Gasteiger partial charge in [0, 0.05) is 4.47 Å². The van der Waals surface area contributed by atoms with Gasteiger partial charge in [-0.1, -0.05) is 22.9 Å². The highest BCUT2D eigenvalue weighted by Crippen LogP contribution is 2.27. The van der Waals surface area contributed by atoms with Crippen molar-refractivity contribution in [1.82, 2.24) is 4.72 Å². The van der Waals surface area contributed by atoms with Gasteiger partial charge in [-0.25, -0.2) is 8.42 Å². The molecule has 2 N–H and O–H groups in total. The number of hydrogen-bond donors (Lipinski definition) is 2. The summed E-state index contributed by atoms with van der Waals surface area (Å²) in [4.78, 5) is 10.8. The van der Waals surface area contributed by atoms with E-state index in [-0.39, 0.29) is 17.1 Å². The zero-order chi connectivity index (χ0) is 14.6. The number of halogens is 1. The van der Waals surface area contributed by atoms with Crippen LogP contribution in [0.3, 0.4) is 0 Å². The van der Waals surface area contributed by atoms with Gasteiger partial charge in [-0.15, -0.1) is 0 Å². The van der Waals surface area contributed by atoms with Crippen LogP contribution >= 0.6 is 15.9 Å². The van der Waals surface area contributed by atoms with Crippen LogP contribution in [0, 0.1) is 0 Å². The third kappa shape index (κ3) is 3.92. The molecule has 1 rings (SSSR count). The van der Waals surface area contributed by atoms with E-state index in [1.54, 1.807) is 13.0 Å². The molecule has 0 aliphatic rings. The SMILES string of the molecule is CCC(NS(=O)(=O)c1cc(Br)ccc1OC)C(=O)O. The van der Waals surface area contributed by atoms with Crippen LogP contribution in [-0.4, -0.2) is 32.6 Å². The first-order valence-electron chi connectivity index (χ1n) is 5.40. The van der Waals surface area contributed by atoms with Gasteiger partial charge in [0.1, 0.15) is 16.7 Å². The summed E-state index contributed by atoms with van der Waals surface area (Å²) in [6.45, 7) is 1.58. The normalized spacial score (nSPS) is 13.0. The van der Waals surface area contributed by atoms with Crippen LogP contribution in [-0.2, 0) is 14.8 Å². The minimum absolute atomic E-state index is 0.107. The van der Waals surface area contributed by atoms with E-state index in [1.165, 1.54) is 19.2 Å². The Morgan fingerprint density at radius 1 is 1.53 bits per heavy atom. The summed E-state index contributed by atoms with van der Waals surface area (Å²) < 4.78 is 32.0. The van der Waals surface area contributed by atoms with Crippen molar-refractivity contribution in [3.8, 4) is 5.75 Å². The lowest BCUT2D eigenvalue weighted by molar-refractivity contribution is -0.139. The lowest BCUT2D eigenvalue weighted by Crippen LogP contribution is -2.40. The van der Waals surface area contributed by atoms with Gasteiger partial charge < -0.3 is 9.84 Å². The van der Waals surface area contributed by atoms with Crippen LogP contribution in [0.25, 0.3) is 0 Å². The fourth-order valence-electron chi connectivity index (χ4n) is 1.42. The Hall–Kier alpha value is -1.12. The van der Waals surface area contributed by atoms with E-state index in [4.69, 9.17) is 9.84 Å². The van der Waals surface area contributed by atoms with Gasteiger partial charge in [0.2, 0.25) is 10.0 Å². The van der Waals surface area contributed by atoms with Crippen molar-refractivity contribution in [2.24, 2.45) is 0 Å². The zero-order valence-electron chi connectivity index (χ0n) is 10.4. The molecule has 8 heteroatoms. The number of carboxylic acid groups (broad SMARTS) is 1. The average Bonchev–Trinajstić information content (AvgIpc) is 2.35. The molecule has 0 aliphatic heterocycles. The van der Waals surface area contributed by atoms with Gasteiger partial charge in [-0.2, -0.15) is 4.72 Å². The van der Waals surface area contributed by atoms with E-state index < -0.39 is 22.0 Å². The third-order valence-corrected chi connectivity index (χ3v) is 4.41. The van der Waals surface area contributed by atoms with Crippen LogP contribution in [0.2, 0.25) is 0 Å². The first kappa shape index (κ1) is 15.9. The molecular weight excluding hydrogens is 338 g/mol. The minimum Gasteiger partial charge on any atom is -0.495 e. The maximum absolute atomic E-state index is 12.2. The third-order valence-electron chi connectivity index (χ3n) is 2.42. The minimum atomic E-state index is -3.97. The molecule has 0 fully saturated rings. The maximum atomic E-state index is 12.2. The van der Waals surface area contributed by atoms with Crippen LogP contribution in [0.5, 0.6) is 5.75 Å². The fraction of sp³-hybridized carbons (Fsp3) is 0.364. The van der Waals surface area contributed by atoms with Gasteiger partial charge in [0.15, 0.2) is 0 Å². The second kappa shape index (κ2) is 6.36. The standard InChI is InChI=1S/C11H14BrNO5S/c1-3-8(11(14)15)13-19(16,17)10-6-7(12)4-5-9(10)18-2/h4-6,8,13H,3H2,1-2H3,(H,14,15). The summed E-state index contributed by atoms with van der Waals surface area (Å²) in [7, 11) is -2.62. The number of aliphatic carboxylic acids is 1. The molecule has 0 aromatic heterocycles. The topological polar surface area (TPSA) is 92.7 Å². The molecule has 0 saturated heterocycles. The van der Waals surface area contributed by atoms with E-state index in [0.717, 1.165) is 0 Å². The number of ether oxygens (including phenoxy) is 1. The Balaban J connectivity index is 3.20. The Labute approximate surface area is 120 Å². The van der Waals surface area contributed by atoms with E-state index >= 15 is 0 Å². The lowest BCUT2D eigenvalue weighted by atomic mass is 10.2. The molecule has 0 amide bonds. The molecule has 19 heavy (non-hydrogen) atoms. The molecule has 0 radical (unpaired) electrons. The summed E-state index contributed by atoms with van der Waals surface area (Å²) in [5.41, 5.74) is 0. The molecule has 1 unspecified atom stereocenters. The highest BCUT2D eigenvalue weighted by Gasteiger charge is 2.26. The Kier molecular flexibility index (Phi) is 5.33. The van der Waals surface area contributed by atoms with Crippen LogP contribution in [0.15, 0.2) is 27.6 Å². The van der Waals surface area contributed by atoms with Gasteiger partial charge in [0.25, 0.3) is 0 Å². The molecule has 6 nitrogen and oxygen atoms in total. The summed E-state index contributed by atoms with van der Waals surface area (Å²) in [5.74, 6) is -1.07. The number of benzene rings is 1. The van der Waals surface area contributed by atoms with E-state index in [0.29, 0.717) is 4.47 Å². The quantitative estimate of drug-likeness (QED) is 0.811. The van der Waals surface area contributed by atoms with Crippen molar-refractivity contribution < 1.29 is 23.1 Å². The largest absolute Gasteiger partial charge is 0.495 e. The molecule has 0 spiro atoms. The second-order valence-corrected chi connectivity index (χ2v) is 6.31. The van der Waals surface area contributed by atoms with E-state index in [2.05, 4.69) is 20.7 Å². The number of sulfonamides is 1. The average molecular weight is 352 g/mol. The van der Waals surface area contributed by atoms with Crippen molar-refractivity contribution in [2.45, 2.75) is 24.3 Å². The predicted octanol–water partition coefficient (Wildman–Crippen LogP) is 1.60. The molecular formula is C11H14BrNO5S. The molecule has 0 heterocycles. The summed E-state index contributed by atoms with van der Waals surface area (Å²) in [6, 6.07) is 3.30. The smallest absolute Gasteiger partial charge is 0.321 e. The molecule has 0 saturated carbocycles. The fourth-order valence-corrected chi connectivity index (χ4v) is 3.40. The molecule has 0 aliphatic carbocycles. The summed E-state index contributed by atoms with van der Waals surface area (Å²) >= 11 is 3.17. The van der Waals surface area contributed by atoms with Crippen LogP contribution < -0.4 is 9.46 Å². The number of hydrogen-bond acceptors (Lipinski definition) is 4. The van der Waals surface area contributed by atoms with E-state index in [1.807, 2.05) is 0 Å². The summed E-state index contributed by atoms with van der Waals surface area (Å²) in [5, 5.41) is 8.90. The van der Waals surface area contributed by atoms with Gasteiger partial charge in [-0.3, -0.25) is 4.79 Å². The van der Waals surface area contributed by atoms with Gasteiger partial charge >= 0.3 is 5.97 Å². The molecule has 1 aromatic carbocycles. The van der Waals surface area contributed by atoms with Crippen molar-refractivity contribution in [2.75, 3.05) is 7.11 Å². The first-order chi connectivity index (χ1) is 8.81. The van der Waals surface area contributed by atoms with Crippen LogP contribution in [0.4, 0.5) is 0 Å². The zero-order valence-corrected chi connectivity index (χ0v) is 12.8. The Bertz CT molecular complexity index is 572. The van der Waals surface area contributed by atoms with Gasteiger partial charge in [-0.05, 0) is 24.6 Å². The number of carboxylic acids is 1. The highest BCUT2D eigenvalue weighted by atomic mass is 79.9. The number of nitrogens with one attached hydrogen (secondary N) is 1. The number of methoxy groups -OCH3 is 1. The predicted molar refractivity (Wildman–Crippen MR) is 72.7 cm³/mol. The highest BCUT2D eigenvalue weighted by molar-refractivity contribution is 9.10. The Morgan fingerprint density at radius 2 is 2.16 bits per heavy atom. The van der Waals surface area contributed by atoms with Crippen molar-refractivity contribution in [1.29, 1.82) is 0 Å². The molecule has 1 aromatic rings. The Morgan fingerprint density at radius 3 is 2.63 bits per heavy atom. The number of carbonyl (C=O) groups is 1. The first-order valence-corrected chi connectivity index (χ1v) is 7.68. The lowest BCUT2D eigenvalue weighted by Gasteiger charge is -2.15. The second-order valence-electron chi connectivity index (χ2n) is 3.72. The monoisotopic (exact) mass is 351 g/mol. The van der Waals surface area contributed by atoms with Crippen molar-refractivity contribution >= 4 is 31.9 Å².